The Hall–Kier alpha value is -1.86. The van der Waals surface area contributed by atoms with Crippen LogP contribution in [-0.2, 0) is 14.8 Å². The summed E-state index contributed by atoms with van der Waals surface area (Å²) >= 11 is 3.33. The van der Waals surface area contributed by atoms with Gasteiger partial charge in [0.1, 0.15) is 6.54 Å². The van der Waals surface area contributed by atoms with Gasteiger partial charge in [0.2, 0.25) is 15.9 Å². The molecule has 26 heavy (non-hydrogen) atoms. The summed E-state index contributed by atoms with van der Waals surface area (Å²) < 4.78 is 26.2. The molecule has 0 saturated carbocycles. The molecule has 5 nitrogen and oxygen atoms in total. The summed E-state index contributed by atoms with van der Waals surface area (Å²) in [5.41, 5.74) is 3.65. The highest BCUT2D eigenvalue weighted by Gasteiger charge is 2.22. The summed E-state index contributed by atoms with van der Waals surface area (Å²) in [6.45, 7) is 5.60. The lowest BCUT2D eigenvalue weighted by Gasteiger charge is -2.24. The maximum absolute atomic E-state index is 12.5. The smallest absolute Gasteiger partial charge is 0.241 e. The highest BCUT2D eigenvalue weighted by Crippen LogP contribution is 2.23. The summed E-state index contributed by atoms with van der Waals surface area (Å²) in [5, 5.41) is 2.89. The van der Waals surface area contributed by atoms with Crippen LogP contribution in [-0.4, -0.2) is 27.1 Å². The van der Waals surface area contributed by atoms with E-state index in [-0.39, 0.29) is 18.5 Å². The molecule has 0 bridgehead atoms. The summed E-state index contributed by atoms with van der Waals surface area (Å²) in [5.74, 6) is -0.358. The van der Waals surface area contributed by atoms with Gasteiger partial charge in [0.25, 0.3) is 0 Å². The van der Waals surface area contributed by atoms with Crippen molar-refractivity contribution in [3.63, 3.8) is 0 Å². The minimum atomic E-state index is -3.59. The number of aryl methyl sites for hydroxylation is 2. The number of rotatable bonds is 6. The molecule has 0 spiro atoms. The Morgan fingerprint density at radius 3 is 2.50 bits per heavy atom. The van der Waals surface area contributed by atoms with Crippen LogP contribution in [0.25, 0.3) is 0 Å². The zero-order valence-corrected chi connectivity index (χ0v) is 17.7. The lowest BCUT2D eigenvalue weighted by atomic mass is 10.00. The predicted octanol–water partition coefficient (Wildman–Crippen LogP) is 3.71. The quantitative estimate of drug-likeness (QED) is 0.747. The van der Waals surface area contributed by atoms with E-state index < -0.39 is 10.0 Å². The van der Waals surface area contributed by atoms with Crippen molar-refractivity contribution in [1.82, 2.24) is 5.32 Å². The average Bonchev–Trinajstić information content (AvgIpc) is 2.53. The molecule has 1 N–H and O–H groups in total. The van der Waals surface area contributed by atoms with Crippen molar-refractivity contribution < 1.29 is 13.2 Å². The van der Waals surface area contributed by atoms with Crippen LogP contribution in [0.15, 0.2) is 46.9 Å². The van der Waals surface area contributed by atoms with E-state index in [0.717, 1.165) is 31.7 Å². The van der Waals surface area contributed by atoms with E-state index in [1.54, 1.807) is 24.3 Å². The van der Waals surface area contributed by atoms with Crippen LogP contribution in [0, 0.1) is 13.8 Å². The first-order chi connectivity index (χ1) is 12.1. The van der Waals surface area contributed by atoms with Crippen molar-refractivity contribution in [1.29, 1.82) is 0 Å². The van der Waals surface area contributed by atoms with Gasteiger partial charge in [0.15, 0.2) is 0 Å². The molecule has 0 aliphatic carbocycles. The number of halogens is 1. The molecule has 2 aromatic carbocycles. The van der Waals surface area contributed by atoms with Gasteiger partial charge in [-0.05, 0) is 50.1 Å². The van der Waals surface area contributed by atoms with Gasteiger partial charge in [-0.25, -0.2) is 8.42 Å². The van der Waals surface area contributed by atoms with Gasteiger partial charge in [-0.3, -0.25) is 9.10 Å². The molecule has 0 unspecified atom stereocenters. The number of carbonyl (C=O) groups is 1. The summed E-state index contributed by atoms with van der Waals surface area (Å²) in [4.78, 5) is 12.5. The average molecular weight is 439 g/mol. The number of sulfonamides is 1. The third-order valence-corrected chi connectivity index (χ3v) is 5.70. The second-order valence-corrected chi connectivity index (χ2v) is 9.22. The van der Waals surface area contributed by atoms with Crippen LogP contribution in [0.2, 0.25) is 0 Å². The highest BCUT2D eigenvalue weighted by molar-refractivity contribution is 9.10. The number of amides is 1. The molecule has 1 amide bonds. The SMILES string of the molecule is Cc1ccc(C)c([C@H](C)NC(=O)CN(c2cccc(Br)c2)S(C)(=O)=O)c1. The summed E-state index contributed by atoms with van der Waals surface area (Å²) in [7, 11) is -3.59. The van der Waals surface area contributed by atoms with Crippen molar-refractivity contribution in [3.8, 4) is 0 Å². The van der Waals surface area contributed by atoms with E-state index in [9.17, 15) is 13.2 Å². The Bertz CT molecular complexity index is 913. The fourth-order valence-corrected chi connectivity index (χ4v) is 3.99. The molecule has 0 radical (unpaired) electrons. The fourth-order valence-electron chi connectivity index (χ4n) is 2.75. The Balaban J connectivity index is 2.19. The number of nitrogens with zero attached hydrogens (tertiary/aromatic N) is 1. The van der Waals surface area contributed by atoms with Gasteiger partial charge in [-0.1, -0.05) is 45.8 Å². The first-order valence-corrected chi connectivity index (χ1v) is 10.8. The molecule has 1 atom stereocenters. The van der Waals surface area contributed by atoms with E-state index >= 15 is 0 Å². The summed E-state index contributed by atoms with van der Waals surface area (Å²) in [6, 6.07) is 12.7. The second-order valence-electron chi connectivity index (χ2n) is 6.40. The molecular weight excluding hydrogens is 416 g/mol. The van der Waals surface area contributed by atoms with Gasteiger partial charge in [-0.15, -0.1) is 0 Å². The molecule has 0 aliphatic rings. The standard InChI is InChI=1S/C19H23BrN2O3S/c1-13-8-9-14(2)18(10-13)15(3)21-19(23)12-22(26(4,24)25)17-7-5-6-16(20)11-17/h5-11,15H,12H2,1-4H3,(H,21,23)/t15-/m0/s1. The van der Waals surface area contributed by atoms with E-state index in [4.69, 9.17) is 0 Å². The van der Waals surface area contributed by atoms with Gasteiger partial charge >= 0.3 is 0 Å². The number of anilines is 1. The molecular formula is C19H23BrN2O3S. The zero-order valence-electron chi connectivity index (χ0n) is 15.3. The van der Waals surface area contributed by atoms with Gasteiger partial charge in [-0.2, -0.15) is 0 Å². The second kappa shape index (κ2) is 8.22. The number of hydrogen-bond donors (Lipinski definition) is 1. The number of carbonyl (C=O) groups excluding carboxylic acids is 1. The van der Waals surface area contributed by atoms with Gasteiger partial charge in [0.05, 0.1) is 18.0 Å². The third kappa shape index (κ3) is 5.32. The zero-order chi connectivity index (χ0) is 19.5. The van der Waals surface area contributed by atoms with Crippen LogP contribution in [0.1, 0.15) is 29.7 Å². The van der Waals surface area contributed by atoms with E-state index in [1.165, 1.54) is 0 Å². The van der Waals surface area contributed by atoms with Crippen molar-refractivity contribution in [2.24, 2.45) is 0 Å². The van der Waals surface area contributed by atoms with E-state index in [0.29, 0.717) is 5.69 Å². The molecule has 0 aliphatic heterocycles. The maximum Gasteiger partial charge on any atom is 0.241 e. The molecule has 0 fully saturated rings. The lowest BCUT2D eigenvalue weighted by Crippen LogP contribution is -2.41. The molecule has 140 valence electrons. The fraction of sp³-hybridized carbons (Fsp3) is 0.316. The molecule has 0 heterocycles. The van der Waals surface area contributed by atoms with Crippen LogP contribution < -0.4 is 9.62 Å². The van der Waals surface area contributed by atoms with E-state index in [2.05, 4.69) is 21.2 Å². The van der Waals surface area contributed by atoms with E-state index in [1.807, 2.05) is 39.0 Å². The Labute approximate surface area is 163 Å². The Kier molecular flexibility index (Phi) is 6.47. The van der Waals surface area contributed by atoms with Crippen molar-refractivity contribution in [2.75, 3.05) is 17.1 Å². The number of hydrogen-bond acceptors (Lipinski definition) is 3. The largest absolute Gasteiger partial charge is 0.348 e. The Morgan fingerprint density at radius 2 is 1.88 bits per heavy atom. The van der Waals surface area contributed by atoms with Crippen LogP contribution in [0.4, 0.5) is 5.69 Å². The molecule has 7 heteroatoms. The number of nitrogens with one attached hydrogen (secondary N) is 1. The first-order valence-electron chi connectivity index (χ1n) is 8.17. The Morgan fingerprint density at radius 1 is 1.19 bits per heavy atom. The van der Waals surface area contributed by atoms with Crippen molar-refractivity contribution in [3.05, 3.63) is 63.6 Å². The van der Waals surface area contributed by atoms with Gasteiger partial charge < -0.3 is 5.32 Å². The van der Waals surface area contributed by atoms with Crippen molar-refractivity contribution in [2.45, 2.75) is 26.8 Å². The lowest BCUT2D eigenvalue weighted by molar-refractivity contribution is -0.120. The van der Waals surface area contributed by atoms with Crippen LogP contribution >= 0.6 is 15.9 Å². The van der Waals surface area contributed by atoms with Crippen molar-refractivity contribution >= 4 is 37.5 Å². The molecule has 0 saturated heterocycles. The molecule has 0 aromatic heterocycles. The third-order valence-electron chi connectivity index (χ3n) is 4.06. The van der Waals surface area contributed by atoms with Crippen LogP contribution in [0.5, 0.6) is 0 Å². The predicted molar refractivity (Wildman–Crippen MR) is 109 cm³/mol. The minimum Gasteiger partial charge on any atom is -0.348 e. The monoisotopic (exact) mass is 438 g/mol. The topological polar surface area (TPSA) is 66.5 Å². The summed E-state index contributed by atoms with van der Waals surface area (Å²) in [6.07, 6.45) is 1.09. The molecule has 2 rings (SSSR count). The van der Waals surface area contributed by atoms with Gasteiger partial charge in [0, 0.05) is 4.47 Å². The highest BCUT2D eigenvalue weighted by atomic mass is 79.9. The molecule has 2 aromatic rings. The first kappa shape index (κ1) is 20.5. The minimum absolute atomic E-state index is 0.216. The van der Waals surface area contributed by atoms with Crippen LogP contribution in [0.3, 0.4) is 0 Å². The maximum atomic E-state index is 12.5. The normalized spacial score (nSPS) is 12.5. The number of benzene rings is 2.